The van der Waals surface area contributed by atoms with Gasteiger partial charge in [0.2, 0.25) is 0 Å². The van der Waals surface area contributed by atoms with Gasteiger partial charge in [0.15, 0.2) is 11.6 Å². The SMILES string of the molecule is C/C=C/CCC1CCC(c2ccc(C3CCc4cc(F)c(F)cc4C3)cc2)CC1. The van der Waals surface area contributed by atoms with E-state index in [0.29, 0.717) is 11.8 Å². The molecular weight excluding hydrogens is 362 g/mol. The molecule has 0 heterocycles. The molecule has 2 aliphatic rings. The average molecular weight is 395 g/mol. The molecule has 0 bridgehead atoms. The summed E-state index contributed by atoms with van der Waals surface area (Å²) in [4.78, 5) is 0. The summed E-state index contributed by atoms with van der Waals surface area (Å²) in [5.74, 6) is 0.563. The molecule has 1 unspecified atom stereocenters. The van der Waals surface area contributed by atoms with Gasteiger partial charge in [-0.05, 0) is 117 Å². The molecule has 154 valence electrons. The monoisotopic (exact) mass is 394 g/mol. The number of rotatable bonds is 5. The molecule has 2 aliphatic carbocycles. The molecule has 0 radical (unpaired) electrons. The number of fused-ring (bicyclic) bond motifs is 1. The third kappa shape index (κ3) is 4.79. The summed E-state index contributed by atoms with van der Waals surface area (Å²) in [6.07, 6.45) is 15.0. The van der Waals surface area contributed by atoms with Gasteiger partial charge < -0.3 is 0 Å². The molecule has 0 amide bonds. The van der Waals surface area contributed by atoms with E-state index >= 15 is 0 Å². The van der Waals surface area contributed by atoms with Crippen LogP contribution in [0.4, 0.5) is 8.78 Å². The van der Waals surface area contributed by atoms with Crippen molar-refractivity contribution in [2.45, 2.75) is 76.5 Å². The predicted octanol–water partition coefficient (Wildman–Crippen LogP) is 7.87. The first-order chi connectivity index (χ1) is 14.1. The first kappa shape index (κ1) is 20.3. The average Bonchev–Trinajstić information content (AvgIpc) is 2.75. The Morgan fingerprint density at radius 2 is 1.45 bits per heavy atom. The first-order valence-electron chi connectivity index (χ1n) is 11.3. The van der Waals surface area contributed by atoms with E-state index in [-0.39, 0.29) is 0 Å². The van der Waals surface area contributed by atoms with Crippen molar-refractivity contribution in [1.82, 2.24) is 0 Å². The van der Waals surface area contributed by atoms with E-state index in [1.807, 2.05) is 0 Å². The number of hydrogen-bond donors (Lipinski definition) is 0. The Hall–Kier alpha value is -1.96. The summed E-state index contributed by atoms with van der Waals surface area (Å²) in [6.45, 7) is 2.10. The molecule has 0 saturated heterocycles. The molecule has 0 spiro atoms. The maximum absolute atomic E-state index is 13.6. The third-order valence-corrected chi connectivity index (χ3v) is 7.17. The van der Waals surface area contributed by atoms with E-state index in [1.54, 1.807) is 0 Å². The minimum atomic E-state index is -0.721. The van der Waals surface area contributed by atoms with Crippen LogP contribution in [0.3, 0.4) is 0 Å². The van der Waals surface area contributed by atoms with Crippen LogP contribution >= 0.6 is 0 Å². The minimum absolute atomic E-state index is 0.406. The van der Waals surface area contributed by atoms with Gasteiger partial charge in [-0.15, -0.1) is 0 Å². The Morgan fingerprint density at radius 1 is 0.828 bits per heavy atom. The van der Waals surface area contributed by atoms with Crippen molar-refractivity contribution in [2.75, 3.05) is 0 Å². The molecule has 29 heavy (non-hydrogen) atoms. The standard InChI is InChI=1S/C27H32F2/c1-2-3-4-5-19-6-8-20(9-7-19)21-10-12-22(13-11-21)23-14-15-24-17-26(28)27(29)18-25(24)16-23/h2-3,10-13,17-20,23H,4-9,14-16H2,1H3/b3-2+. The van der Waals surface area contributed by atoms with Crippen LogP contribution in [0.5, 0.6) is 0 Å². The quantitative estimate of drug-likeness (QED) is 0.453. The third-order valence-electron chi connectivity index (χ3n) is 7.17. The first-order valence-corrected chi connectivity index (χ1v) is 11.3. The fourth-order valence-electron chi connectivity index (χ4n) is 5.36. The van der Waals surface area contributed by atoms with Crippen LogP contribution in [0.15, 0.2) is 48.6 Å². The fourth-order valence-corrected chi connectivity index (χ4v) is 5.36. The number of aryl methyl sites for hydroxylation is 1. The van der Waals surface area contributed by atoms with E-state index in [4.69, 9.17) is 0 Å². The van der Waals surface area contributed by atoms with Gasteiger partial charge in [-0.3, -0.25) is 0 Å². The van der Waals surface area contributed by atoms with Crippen molar-refractivity contribution < 1.29 is 8.78 Å². The largest absolute Gasteiger partial charge is 0.204 e. The van der Waals surface area contributed by atoms with Crippen molar-refractivity contribution in [3.63, 3.8) is 0 Å². The van der Waals surface area contributed by atoms with Gasteiger partial charge in [-0.25, -0.2) is 8.78 Å². The topological polar surface area (TPSA) is 0 Å². The molecule has 0 N–H and O–H groups in total. The Balaban J connectivity index is 1.36. The lowest BCUT2D eigenvalue weighted by Crippen LogP contribution is -2.15. The summed E-state index contributed by atoms with van der Waals surface area (Å²) in [5.41, 5.74) is 4.76. The summed E-state index contributed by atoms with van der Waals surface area (Å²) in [5, 5.41) is 0. The van der Waals surface area contributed by atoms with Crippen molar-refractivity contribution in [1.29, 1.82) is 0 Å². The van der Waals surface area contributed by atoms with Crippen LogP contribution in [-0.2, 0) is 12.8 Å². The van der Waals surface area contributed by atoms with Crippen molar-refractivity contribution in [3.05, 3.63) is 82.4 Å². The lowest BCUT2D eigenvalue weighted by Gasteiger charge is -2.29. The van der Waals surface area contributed by atoms with Crippen LogP contribution in [0, 0.1) is 17.6 Å². The molecule has 2 aromatic rings. The van der Waals surface area contributed by atoms with Crippen LogP contribution in [0.1, 0.15) is 86.0 Å². The molecule has 4 rings (SSSR count). The molecule has 1 saturated carbocycles. The summed E-state index contributed by atoms with van der Waals surface area (Å²) in [6, 6.07) is 12.0. The van der Waals surface area contributed by atoms with Gasteiger partial charge in [-0.1, -0.05) is 36.4 Å². The number of allylic oxidation sites excluding steroid dienone is 2. The highest BCUT2D eigenvalue weighted by molar-refractivity contribution is 5.36. The summed E-state index contributed by atoms with van der Waals surface area (Å²) in [7, 11) is 0. The smallest absolute Gasteiger partial charge is 0.159 e. The van der Waals surface area contributed by atoms with Crippen LogP contribution in [-0.4, -0.2) is 0 Å². The Bertz CT molecular complexity index is 842. The van der Waals surface area contributed by atoms with Crippen molar-refractivity contribution in [3.8, 4) is 0 Å². The Labute approximate surface area is 174 Å². The van der Waals surface area contributed by atoms with Gasteiger partial charge >= 0.3 is 0 Å². The summed E-state index contributed by atoms with van der Waals surface area (Å²) >= 11 is 0. The highest BCUT2D eigenvalue weighted by atomic mass is 19.2. The van der Waals surface area contributed by atoms with E-state index in [0.717, 1.165) is 36.3 Å². The second kappa shape index (κ2) is 9.24. The van der Waals surface area contributed by atoms with Gasteiger partial charge in [0.1, 0.15) is 0 Å². The molecule has 0 aromatic heterocycles. The molecule has 0 aliphatic heterocycles. The maximum atomic E-state index is 13.6. The van der Waals surface area contributed by atoms with Crippen molar-refractivity contribution >= 4 is 0 Å². The highest BCUT2D eigenvalue weighted by Gasteiger charge is 2.24. The van der Waals surface area contributed by atoms with Crippen molar-refractivity contribution in [2.24, 2.45) is 5.92 Å². The lowest BCUT2D eigenvalue weighted by molar-refractivity contribution is 0.312. The van der Waals surface area contributed by atoms with Gasteiger partial charge in [-0.2, -0.15) is 0 Å². The van der Waals surface area contributed by atoms with Gasteiger partial charge in [0, 0.05) is 0 Å². The van der Waals surface area contributed by atoms with E-state index in [2.05, 4.69) is 43.3 Å². The second-order valence-electron chi connectivity index (χ2n) is 9.01. The molecule has 2 heteroatoms. The molecule has 2 aromatic carbocycles. The van der Waals surface area contributed by atoms with E-state index in [1.165, 1.54) is 61.8 Å². The number of hydrogen-bond acceptors (Lipinski definition) is 0. The van der Waals surface area contributed by atoms with Crippen LogP contribution < -0.4 is 0 Å². The normalized spacial score (nSPS) is 24.6. The van der Waals surface area contributed by atoms with Crippen LogP contribution in [0.25, 0.3) is 0 Å². The Morgan fingerprint density at radius 3 is 2.10 bits per heavy atom. The molecule has 1 fully saturated rings. The minimum Gasteiger partial charge on any atom is -0.204 e. The molecular formula is C27H32F2. The molecule has 0 nitrogen and oxygen atoms in total. The zero-order chi connectivity index (χ0) is 20.2. The summed E-state index contributed by atoms with van der Waals surface area (Å²) < 4.78 is 27.1. The zero-order valence-electron chi connectivity index (χ0n) is 17.5. The van der Waals surface area contributed by atoms with Gasteiger partial charge in [0.25, 0.3) is 0 Å². The highest BCUT2D eigenvalue weighted by Crippen LogP contribution is 2.39. The van der Waals surface area contributed by atoms with E-state index < -0.39 is 11.6 Å². The zero-order valence-corrected chi connectivity index (χ0v) is 17.5. The second-order valence-corrected chi connectivity index (χ2v) is 9.01. The lowest BCUT2D eigenvalue weighted by atomic mass is 9.76. The fraction of sp³-hybridized carbons (Fsp3) is 0.481. The Kier molecular flexibility index (Phi) is 6.47. The van der Waals surface area contributed by atoms with Gasteiger partial charge in [0.05, 0.1) is 0 Å². The van der Waals surface area contributed by atoms with E-state index in [9.17, 15) is 8.78 Å². The number of benzene rings is 2. The maximum Gasteiger partial charge on any atom is 0.159 e. The number of halogens is 2. The predicted molar refractivity (Wildman–Crippen MR) is 116 cm³/mol. The molecule has 1 atom stereocenters. The van der Waals surface area contributed by atoms with Crippen LogP contribution in [0.2, 0.25) is 0 Å².